The summed E-state index contributed by atoms with van der Waals surface area (Å²) in [4.78, 5) is 33.4. The third-order valence-electron chi connectivity index (χ3n) is 7.01. The van der Waals surface area contributed by atoms with Crippen molar-refractivity contribution in [1.82, 2.24) is 19.8 Å². The number of likely N-dealkylation sites (tertiary alicyclic amines) is 1. The van der Waals surface area contributed by atoms with Gasteiger partial charge < -0.3 is 14.7 Å². The van der Waals surface area contributed by atoms with Crippen LogP contribution in [0.5, 0.6) is 0 Å². The van der Waals surface area contributed by atoms with E-state index in [-0.39, 0.29) is 5.91 Å². The van der Waals surface area contributed by atoms with Crippen LogP contribution >= 0.6 is 23.4 Å². The van der Waals surface area contributed by atoms with Crippen LogP contribution in [0.25, 0.3) is 28.2 Å². The van der Waals surface area contributed by atoms with Gasteiger partial charge in [0.05, 0.1) is 26.8 Å². The highest BCUT2D eigenvalue weighted by Gasteiger charge is 2.27. The molecule has 1 aromatic heterocycles. The maximum atomic E-state index is 12.6. The number of amides is 1. The highest BCUT2D eigenvalue weighted by atomic mass is 35.5. The number of amidine groups is 1. The van der Waals surface area contributed by atoms with Gasteiger partial charge in [-0.2, -0.15) is 4.99 Å². The summed E-state index contributed by atoms with van der Waals surface area (Å²) in [6, 6.07) is 12.2. The first kappa shape index (κ1) is 23.5. The number of nitrogens with zero attached hydrogens (tertiary/aromatic N) is 6. The summed E-state index contributed by atoms with van der Waals surface area (Å²) in [5.41, 5.74) is 4.60. The van der Waals surface area contributed by atoms with Crippen LogP contribution in [0.1, 0.15) is 18.4 Å². The zero-order valence-electron chi connectivity index (χ0n) is 20.2. The van der Waals surface area contributed by atoms with Crippen LogP contribution in [-0.2, 0) is 4.79 Å². The van der Waals surface area contributed by atoms with Crippen molar-refractivity contribution < 1.29 is 4.79 Å². The number of likely N-dealkylation sites (N-methyl/N-ethyl adjacent to an activating group) is 1. The van der Waals surface area contributed by atoms with Crippen molar-refractivity contribution in [3.05, 3.63) is 58.2 Å². The molecule has 0 bridgehead atoms. The molecule has 4 heterocycles. The predicted octanol–water partition coefficient (Wildman–Crippen LogP) is 4.77. The highest BCUT2D eigenvalue weighted by Crippen LogP contribution is 2.35. The van der Waals surface area contributed by atoms with E-state index in [1.807, 2.05) is 30.3 Å². The SMILES string of the molecule is CN1CCN(c2ccc(-c3ncnc4ccc(/C=C5\SC(N6CCCC6)=NC5=O)cc34)cc2Cl)CC1. The second kappa shape index (κ2) is 9.84. The maximum Gasteiger partial charge on any atom is 0.286 e. The Morgan fingerprint density at radius 3 is 2.53 bits per heavy atom. The third kappa shape index (κ3) is 4.61. The fraction of sp³-hybridized carbons (Fsp3) is 0.333. The molecule has 3 aromatic rings. The lowest BCUT2D eigenvalue weighted by Gasteiger charge is -2.34. The summed E-state index contributed by atoms with van der Waals surface area (Å²) in [5, 5.41) is 2.47. The van der Waals surface area contributed by atoms with Gasteiger partial charge in [0.15, 0.2) is 5.17 Å². The molecule has 1 amide bonds. The minimum absolute atomic E-state index is 0.169. The molecule has 9 heteroatoms. The van der Waals surface area contributed by atoms with E-state index >= 15 is 0 Å². The number of piperazine rings is 1. The summed E-state index contributed by atoms with van der Waals surface area (Å²) in [5.74, 6) is -0.169. The Balaban J connectivity index is 1.30. The highest BCUT2D eigenvalue weighted by molar-refractivity contribution is 8.18. The van der Waals surface area contributed by atoms with Crippen LogP contribution < -0.4 is 4.90 Å². The van der Waals surface area contributed by atoms with Crippen molar-refractivity contribution >= 4 is 57.1 Å². The van der Waals surface area contributed by atoms with Crippen LogP contribution in [0.4, 0.5) is 5.69 Å². The van der Waals surface area contributed by atoms with E-state index in [1.165, 1.54) is 11.8 Å². The Bertz CT molecular complexity index is 1390. The van der Waals surface area contributed by atoms with Crippen molar-refractivity contribution in [2.75, 3.05) is 51.2 Å². The first-order chi connectivity index (χ1) is 17.5. The second-order valence-electron chi connectivity index (χ2n) is 9.46. The lowest BCUT2D eigenvalue weighted by molar-refractivity contribution is -0.113. The lowest BCUT2D eigenvalue weighted by atomic mass is 10.0. The molecule has 0 unspecified atom stereocenters. The molecule has 3 aliphatic rings. The molecule has 3 aliphatic heterocycles. The van der Waals surface area contributed by atoms with E-state index < -0.39 is 0 Å². The van der Waals surface area contributed by atoms with Gasteiger partial charge in [0.1, 0.15) is 6.33 Å². The van der Waals surface area contributed by atoms with Gasteiger partial charge in [0, 0.05) is 50.2 Å². The van der Waals surface area contributed by atoms with Gasteiger partial charge in [0.2, 0.25) is 0 Å². The topological polar surface area (TPSA) is 64.9 Å². The molecule has 2 aromatic carbocycles. The van der Waals surface area contributed by atoms with Crippen LogP contribution in [0, 0.1) is 0 Å². The van der Waals surface area contributed by atoms with Gasteiger partial charge in [-0.25, -0.2) is 9.97 Å². The summed E-state index contributed by atoms with van der Waals surface area (Å²) < 4.78 is 0. The zero-order chi connectivity index (χ0) is 24.6. The molecule has 7 nitrogen and oxygen atoms in total. The van der Waals surface area contributed by atoms with Gasteiger partial charge >= 0.3 is 0 Å². The molecule has 0 aliphatic carbocycles. The second-order valence-corrected chi connectivity index (χ2v) is 10.9. The van der Waals surface area contributed by atoms with E-state index in [1.54, 1.807) is 6.33 Å². The Hall–Kier alpha value is -2.94. The summed E-state index contributed by atoms with van der Waals surface area (Å²) in [6.07, 6.45) is 5.81. The van der Waals surface area contributed by atoms with E-state index in [9.17, 15) is 4.79 Å². The summed E-state index contributed by atoms with van der Waals surface area (Å²) in [7, 11) is 2.15. The number of aliphatic imine (C=N–C) groups is 1. The molecule has 2 fully saturated rings. The first-order valence-electron chi connectivity index (χ1n) is 12.3. The maximum absolute atomic E-state index is 12.6. The fourth-order valence-corrected chi connectivity index (χ4v) is 6.21. The van der Waals surface area contributed by atoms with Crippen molar-refractivity contribution in [2.24, 2.45) is 4.99 Å². The van der Waals surface area contributed by atoms with Crippen LogP contribution in [0.15, 0.2) is 52.6 Å². The van der Waals surface area contributed by atoms with Gasteiger partial charge in [-0.3, -0.25) is 4.79 Å². The van der Waals surface area contributed by atoms with E-state index in [0.29, 0.717) is 4.91 Å². The van der Waals surface area contributed by atoms with Crippen LogP contribution in [-0.4, -0.2) is 77.2 Å². The zero-order valence-corrected chi connectivity index (χ0v) is 21.7. The molecule has 0 N–H and O–H groups in total. The van der Waals surface area contributed by atoms with E-state index in [0.717, 1.165) is 95.7 Å². The van der Waals surface area contributed by atoms with Crippen LogP contribution in [0.2, 0.25) is 5.02 Å². The largest absolute Gasteiger partial charge is 0.368 e. The number of hydrogen-bond donors (Lipinski definition) is 0. The molecular weight excluding hydrogens is 492 g/mol. The third-order valence-corrected chi connectivity index (χ3v) is 8.36. The van der Waals surface area contributed by atoms with Crippen molar-refractivity contribution in [3.63, 3.8) is 0 Å². The number of halogens is 1. The standard InChI is InChI=1S/C27H27ClN6OS/c1-32-10-12-33(13-11-32)23-7-5-19(16-21(23)28)25-20-14-18(4-6-22(20)29-17-30-25)15-24-26(35)31-27(36-24)34-8-2-3-9-34/h4-7,14-17H,2-3,8-13H2,1H3/b24-15-. The Kier molecular flexibility index (Phi) is 6.41. The average Bonchev–Trinajstić information content (AvgIpc) is 3.55. The molecule has 36 heavy (non-hydrogen) atoms. The number of thioether (sulfide) groups is 1. The van der Waals surface area contributed by atoms with Gasteiger partial charge in [-0.1, -0.05) is 23.7 Å². The number of aromatic nitrogens is 2. The molecule has 0 saturated carbocycles. The molecule has 0 radical (unpaired) electrons. The summed E-state index contributed by atoms with van der Waals surface area (Å²) >= 11 is 8.23. The minimum Gasteiger partial charge on any atom is -0.368 e. The number of anilines is 1. The van der Waals surface area contributed by atoms with Gasteiger partial charge in [0.25, 0.3) is 5.91 Å². The number of fused-ring (bicyclic) bond motifs is 1. The van der Waals surface area contributed by atoms with Gasteiger partial charge in [-0.15, -0.1) is 0 Å². The molecule has 2 saturated heterocycles. The number of carbonyl (C=O) groups excluding carboxylic acids is 1. The predicted molar refractivity (Wildman–Crippen MR) is 149 cm³/mol. The van der Waals surface area contributed by atoms with Crippen LogP contribution in [0.3, 0.4) is 0 Å². The number of hydrogen-bond acceptors (Lipinski definition) is 7. The number of benzene rings is 2. The minimum atomic E-state index is -0.169. The first-order valence-corrected chi connectivity index (χ1v) is 13.5. The molecule has 0 spiro atoms. The Morgan fingerprint density at radius 2 is 1.75 bits per heavy atom. The van der Waals surface area contributed by atoms with E-state index in [2.05, 4.69) is 48.8 Å². The number of rotatable bonds is 3. The molecular formula is C27H27ClN6OS. The van der Waals surface area contributed by atoms with E-state index in [4.69, 9.17) is 11.6 Å². The Labute approximate surface area is 219 Å². The smallest absolute Gasteiger partial charge is 0.286 e. The Morgan fingerprint density at radius 1 is 0.944 bits per heavy atom. The van der Waals surface area contributed by atoms with Crippen molar-refractivity contribution in [1.29, 1.82) is 0 Å². The average molecular weight is 519 g/mol. The van der Waals surface area contributed by atoms with Gasteiger partial charge in [-0.05, 0) is 67.6 Å². The normalized spacial score (nSPS) is 20.1. The summed E-state index contributed by atoms with van der Waals surface area (Å²) in [6.45, 7) is 5.92. The quantitative estimate of drug-likeness (QED) is 0.463. The fourth-order valence-electron chi connectivity index (χ4n) is 4.95. The molecule has 184 valence electrons. The monoisotopic (exact) mass is 518 g/mol. The molecule has 6 rings (SSSR count). The van der Waals surface area contributed by atoms with Crippen molar-refractivity contribution in [2.45, 2.75) is 12.8 Å². The lowest BCUT2D eigenvalue weighted by Crippen LogP contribution is -2.44. The number of carbonyl (C=O) groups is 1. The van der Waals surface area contributed by atoms with Crippen molar-refractivity contribution in [3.8, 4) is 11.3 Å². The molecule has 0 atom stereocenters.